The molecule has 0 radical (unpaired) electrons. The first-order chi connectivity index (χ1) is 11.0. The summed E-state index contributed by atoms with van der Waals surface area (Å²) in [5, 5.41) is 8.50. The van der Waals surface area contributed by atoms with Crippen molar-refractivity contribution in [2.45, 2.75) is 6.92 Å². The molecule has 0 saturated carbocycles. The second-order valence-corrected chi connectivity index (χ2v) is 6.12. The smallest absolute Gasteiger partial charge is 0.253 e. The normalized spacial score (nSPS) is 10.0. The van der Waals surface area contributed by atoms with Gasteiger partial charge in [0, 0.05) is 16.3 Å². The number of para-hydroxylation sites is 1. The van der Waals surface area contributed by atoms with Gasteiger partial charge in [0.1, 0.15) is 0 Å². The Hall–Kier alpha value is -2.09. The third kappa shape index (κ3) is 4.44. The summed E-state index contributed by atoms with van der Waals surface area (Å²) in [5.41, 5.74) is 2.82. The molecule has 2 aromatic rings. The van der Waals surface area contributed by atoms with E-state index >= 15 is 0 Å². The van der Waals surface area contributed by atoms with E-state index in [0.717, 1.165) is 14.8 Å². The van der Waals surface area contributed by atoms with Crippen LogP contribution >= 0.6 is 22.6 Å². The monoisotopic (exact) mass is 423 g/mol. The fraction of sp³-hybridized carbons (Fsp3) is 0.176. The van der Waals surface area contributed by atoms with Crippen molar-refractivity contribution in [1.29, 1.82) is 0 Å². The Morgan fingerprint density at radius 1 is 1.04 bits per heavy atom. The Morgan fingerprint density at radius 3 is 2.43 bits per heavy atom. The van der Waals surface area contributed by atoms with E-state index in [1.165, 1.54) is 0 Å². The number of benzene rings is 2. The van der Waals surface area contributed by atoms with Crippen LogP contribution in [-0.2, 0) is 4.79 Å². The first-order valence-corrected chi connectivity index (χ1v) is 8.20. The van der Waals surface area contributed by atoms with Crippen LogP contribution in [0.25, 0.3) is 0 Å². The number of carbonyl (C=O) groups is 2. The molecule has 5 nitrogen and oxygen atoms in total. The van der Waals surface area contributed by atoms with Gasteiger partial charge in [0.25, 0.3) is 5.91 Å². The number of amides is 2. The molecule has 6 heteroatoms. The average molecular weight is 423 g/mol. The van der Waals surface area contributed by atoms with E-state index in [1.54, 1.807) is 13.1 Å². The molecule has 0 aliphatic rings. The van der Waals surface area contributed by atoms with Gasteiger partial charge in [0.05, 0.1) is 17.8 Å². The summed E-state index contributed by atoms with van der Waals surface area (Å²) in [6.45, 7) is 1.95. The molecule has 0 atom stereocenters. The second-order valence-electron chi connectivity index (χ2n) is 4.96. The summed E-state index contributed by atoms with van der Waals surface area (Å²) >= 11 is 2.17. The summed E-state index contributed by atoms with van der Waals surface area (Å²) in [6, 6.07) is 13.1. The minimum Gasteiger partial charge on any atom is -0.375 e. The molecule has 0 bridgehead atoms. The van der Waals surface area contributed by atoms with E-state index in [0.29, 0.717) is 11.3 Å². The topological polar surface area (TPSA) is 70.2 Å². The van der Waals surface area contributed by atoms with Crippen LogP contribution in [0.1, 0.15) is 15.9 Å². The predicted molar refractivity (Wildman–Crippen MR) is 101 cm³/mol. The SMILES string of the molecule is CNC(=O)c1c(C)cccc1NCC(=O)Nc1ccccc1I. The number of carbonyl (C=O) groups excluding carboxylic acids is 2. The molecule has 0 aromatic heterocycles. The largest absolute Gasteiger partial charge is 0.375 e. The molecule has 2 rings (SSSR count). The van der Waals surface area contributed by atoms with Crippen molar-refractivity contribution in [3.8, 4) is 0 Å². The van der Waals surface area contributed by atoms with E-state index < -0.39 is 0 Å². The first kappa shape index (κ1) is 17.3. The van der Waals surface area contributed by atoms with Crippen LogP contribution in [0.2, 0.25) is 0 Å². The lowest BCUT2D eigenvalue weighted by atomic mass is 10.1. The molecular formula is C17H18IN3O2. The van der Waals surface area contributed by atoms with E-state index in [9.17, 15) is 9.59 Å². The van der Waals surface area contributed by atoms with Crippen LogP contribution in [0.15, 0.2) is 42.5 Å². The summed E-state index contributed by atoms with van der Waals surface area (Å²) in [7, 11) is 1.59. The molecule has 0 aliphatic heterocycles. The third-order valence-electron chi connectivity index (χ3n) is 3.31. The standard InChI is InChI=1S/C17H18IN3O2/c1-11-6-5-9-14(16(11)17(23)19-2)20-10-15(22)21-13-8-4-3-7-12(13)18/h3-9,20H,10H2,1-2H3,(H,19,23)(H,21,22). The molecule has 23 heavy (non-hydrogen) atoms. The quantitative estimate of drug-likeness (QED) is 0.648. The van der Waals surface area contributed by atoms with Crippen molar-refractivity contribution in [2.24, 2.45) is 0 Å². The van der Waals surface area contributed by atoms with E-state index in [4.69, 9.17) is 0 Å². The van der Waals surface area contributed by atoms with Gasteiger partial charge in [-0.15, -0.1) is 0 Å². The number of rotatable bonds is 5. The highest BCUT2D eigenvalue weighted by Gasteiger charge is 2.13. The predicted octanol–water partition coefficient (Wildman–Crippen LogP) is 3.01. The molecule has 0 spiro atoms. The van der Waals surface area contributed by atoms with Crippen LogP contribution in [0, 0.1) is 10.5 Å². The Morgan fingerprint density at radius 2 is 1.74 bits per heavy atom. The number of aryl methyl sites for hydroxylation is 1. The molecule has 120 valence electrons. The maximum atomic E-state index is 12.1. The lowest BCUT2D eigenvalue weighted by molar-refractivity contribution is -0.114. The molecule has 0 aliphatic carbocycles. The highest BCUT2D eigenvalue weighted by molar-refractivity contribution is 14.1. The van der Waals surface area contributed by atoms with Gasteiger partial charge >= 0.3 is 0 Å². The average Bonchev–Trinajstić information content (AvgIpc) is 2.54. The maximum absolute atomic E-state index is 12.1. The molecule has 2 aromatic carbocycles. The Kier molecular flexibility index (Phi) is 5.97. The maximum Gasteiger partial charge on any atom is 0.253 e. The first-order valence-electron chi connectivity index (χ1n) is 7.13. The third-order valence-corrected chi connectivity index (χ3v) is 4.25. The Bertz CT molecular complexity index is 732. The Labute approximate surface area is 149 Å². The number of hydrogen-bond acceptors (Lipinski definition) is 3. The van der Waals surface area contributed by atoms with Crippen LogP contribution in [-0.4, -0.2) is 25.4 Å². The zero-order valence-electron chi connectivity index (χ0n) is 12.9. The van der Waals surface area contributed by atoms with Gasteiger partial charge in [-0.05, 0) is 53.3 Å². The lowest BCUT2D eigenvalue weighted by Crippen LogP contribution is -2.25. The molecule has 0 unspecified atom stereocenters. The summed E-state index contributed by atoms with van der Waals surface area (Å²) in [4.78, 5) is 24.1. The summed E-state index contributed by atoms with van der Waals surface area (Å²) in [6.07, 6.45) is 0. The molecule has 3 N–H and O–H groups in total. The number of anilines is 2. The van der Waals surface area contributed by atoms with Gasteiger partial charge in [-0.3, -0.25) is 9.59 Å². The van der Waals surface area contributed by atoms with Crippen molar-refractivity contribution in [3.63, 3.8) is 0 Å². The van der Waals surface area contributed by atoms with Crippen molar-refractivity contribution >= 4 is 45.8 Å². The summed E-state index contributed by atoms with van der Waals surface area (Å²) < 4.78 is 0.972. The van der Waals surface area contributed by atoms with Crippen molar-refractivity contribution in [2.75, 3.05) is 24.2 Å². The van der Waals surface area contributed by atoms with E-state index in [-0.39, 0.29) is 18.4 Å². The summed E-state index contributed by atoms with van der Waals surface area (Å²) in [5.74, 6) is -0.345. The molecule has 0 fully saturated rings. The van der Waals surface area contributed by atoms with Crippen LogP contribution in [0.3, 0.4) is 0 Å². The van der Waals surface area contributed by atoms with Gasteiger partial charge in [-0.25, -0.2) is 0 Å². The minimum absolute atomic E-state index is 0.0818. The lowest BCUT2D eigenvalue weighted by Gasteiger charge is -2.14. The van der Waals surface area contributed by atoms with Crippen molar-refractivity contribution in [1.82, 2.24) is 5.32 Å². The minimum atomic E-state index is -0.177. The van der Waals surface area contributed by atoms with Gasteiger partial charge in [-0.2, -0.15) is 0 Å². The number of halogens is 1. The van der Waals surface area contributed by atoms with Crippen LogP contribution in [0.4, 0.5) is 11.4 Å². The van der Waals surface area contributed by atoms with Gasteiger partial charge < -0.3 is 16.0 Å². The molecular weight excluding hydrogens is 405 g/mol. The van der Waals surface area contributed by atoms with Gasteiger partial charge in [0.2, 0.25) is 5.91 Å². The second kappa shape index (κ2) is 7.96. The van der Waals surface area contributed by atoms with Gasteiger partial charge in [0.15, 0.2) is 0 Å². The van der Waals surface area contributed by atoms with Crippen LogP contribution < -0.4 is 16.0 Å². The van der Waals surface area contributed by atoms with Crippen molar-refractivity contribution < 1.29 is 9.59 Å². The number of nitrogens with one attached hydrogen (secondary N) is 3. The Balaban J connectivity index is 2.06. The molecule has 2 amide bonds. The fourth-order valence-electron chi connectivity index (χ4n) is 2.17. The highest BCUT2D eigenvalue weighted by atomic mass is 127. The van der Waals surface area contributed by atoms with E-state index in [2.05, 4.69) is 38.5 Å². The van der Waals surface area contributed by atoms with Crippen molar-refractivity contribution in [3.05, 3.63) is 57.2 Å². The number of hydrogen-bond donors (Lipinski definition) is 3. The molecule has 0 heterocycles. The van der Waals surface area contributed by atoms with Crippen LogP contribution in [0.5, 0.6) is 0 Å². The molecule has 0 saturated heterocycles. The zero-order valence-corrected chi connectivity index (χ0v) is 15.1. The zero-order chi connectivity index (χ0) is 16.8. The van der Waals surface area contributed by atoms with E-state index in [1.807, 2.05) is 43.3 Å². The van der Waals surface area contributed by atoms with Gasteiger partial charge in [-0.1, -0.05) is 24.3 Å². The highest BCUT2D eigenvalue weighted by Crippen LogP contribution is 2.20. The fourth-order valence-corrected chi connectivity index (χ4v) is 2.70.